The molecule has 2 aromatic carbocycles. The van der Waals surface area contributed by atoms with E-state index in [1.165, 1.54) is 11.8 Å². The van der Waals surface area contributed by atoms with E-state index in [9.17, 15) is 9.59 Å². The molecule has 7 nitrogen and oxygen atoms in total. The minimum absolute atomic E-state index is 0.0545. The second-order valence-electron chi connectivity index (χ2n) is 8.82. The first-order valence-corrected chi connectivity index (χ1v) is 12.7. The number of thioether (sulfide) groups is 1. The van der Waals surface area contributed by atoms with Gasteiger partial charge in [0.15, 0.2) is 5.16 Å². The Bertz CT molecular complexity index is 1410. The second kappa shape index (κ2) is 10.2. The standard InChI is InChI=1S/C25H28ClN5O2S/c1-5-16(4)27-22(32)17-10-11-19-21(12-17)31-24(30(23(19)33)13-15(2)3)28-29-25(31)34-14-18-8-6-7-9-20(18)26/h6-12,15-16H,5,13-14H2,1-4H3,(H,27,32). The monoisotopic (exact) mass is 497 g/mol. The van der Waals surface area contributed by atoms with Gasteiger partial charge in [0.2, 0.25) is 5.78 Å². The molecule has 1 atom stereocenters. The first-order valence-electron chi connectivity index (χ1n) is 11.4. The van der Waals surface area contributed by atoms with Crippen LogP contribution in [0.3, 0.4) is 0 Å². The van der Waals surface area contributed by atoms with Gasteiger partial charge in [-0.25, -0.2) is 0 Å². The number of amides is 1. The van der Waals surface area contributed by atoms with Crippen molar-refractivity contribution in [2.75, 3.05) is 0 Å². The van der Waals surface area contributed by atoms with Gasteiger partial charge in [0.1, 0.15) is 0 Å². The number of nitrogens with zero attached hydrogens (tertiary/aromatic N) is 4. The van der Waals surface area contributed by atoms with Crippen LogP contribution in [0.1, 0.15) is 50.0 Å². The highest BCUT2D eigenvalue weighted by Gasteiger charge is 2.19. The van der Waals surface area contributed by atoms with Gasteiger partial charge in [-0.3, -0.25) is 18.6 Å². The van der Waals surface area contributed by atoms with Crippen molar-refractivity contribution in [1.82, 2.24) is 24.5 Å². The Morgan fingerprint density at radius 2 is 1.91 bits per heavy atom. The van der Waals surface area contributed by atoms with E-state index in [-0.39, 0.29) is 23.4 Å². The molecular formula is C25H28ClN5O2S. The number of hydrogen-bond donors (Lipinski definition) is 1. The molecule has 2 heterocycles. The van der Waals surface area contributed by atoms with Crippen LogP contribution < -0.4 is 10.9 Å². The van der Waals surface area contributed by atoms with Gasteiger partial charge in [-0.1, -0.05) is 62.3 Å². The fraction of sp³-hybridized carbons (Fsp3) is 0.360. The van der Waals surface area contributed by atoms with Crippen LogP contribution in [0.25, 0.3) is 16.7 Å². The summed E-state index contributed by atoms with van der Waals surface area (Å²) in [4.78, 5) is 26.2. The molecule has 0 aliphatic rings. The number of rotatable bonds is 8. The first-order chi connectivity index (χ1) is 16.3. The Hall–Kier alpha value is -2.84. The highest BCUT2D eigenvalue weighted by molar-refractivity contribution is 7.98. The van der Waals surface area contributed by atoms with E-state index in [0.717, 1.165) is 12.0 Å². The van der Waals surface area contributed by atoms with Gasteiger partial charge >= 0.3 is 0 Å². The summed E-state index contributed by atoms with van der Waals surface area (Å²) in [5, 5.41) is 13.6. The summed E-state index contributed by atoms with van der Waals surface area (Å²) in [5.74, 6) is 1.14. The zero-order valence-corrected chi connectivity index (χ0v) is 21.3. The molecule has 1 amide bonds. The molecule has 9 heteroatoms. The summed E-state index contributed by atoms with van der Waals surface area (Å²) in [6.07, 6.45) is 0.831. The smallest absolute Gasteiger partial charge is 0.262 e. The van der Waals surface area contributed by atoms with Gasteiger partial charge in [0.05, 0.1) is 10.9 Å². The van der Waals surface area contributed by atoms with Crippen LogP contribution >= 0.6 is 23.4 Å². The maximum Gasteiger partial charge on any atom is 0.262 e. The van der Waals surface area contributed by atoms with Crippen LogP contribution in [-0.4, -0.2) is 31.1 Å². The average molecular weight is 498 g/mol. The van der Waals surface area contributed by atoms with Crippen molar-refractivity contribution in [3.8, 4) is 0 Å². The lowest BCUT2D eigenvalue weighted by molar-refractivity contribution is 0.0939. The topological polar surface area (TPSA) is 81.3 Å². The predicted molar refractivity (Wildman–Crippen MR) is 138 cm³/mol. The number of halogens is 1. The van der Waals surface area contributed by atoms with Crippen molar-refractivity contribution in [1.29, 1.82) is 0 Å². The molecule has 0 aliphatic heterocycles. The molecule has 1 unspecified atom stereocenters. The van der Waals surface area contributed by atoms with E-state index in [0.29, 0.717) is 44.7 Å². The summed E-state index contributed by atoms with van der Waals surface area (Å²) in [6.45, 7) is 8.61. The molecule has 34 heavy (non-hydrogen) atoms. The number of fused-ring (bicyclic) bond motifs is 3. The molecule has 0 aliphatic carbocycles. The van der Waals surface area contributed by atoms with Crippen LogP contribution in [0, 0.1) is 5.92 Å². The van der Waals surface area contributed by atoms with E-state index in [2.05, 4.69) is 29.4 Å². The van der Waals surface area contributed by atoms with Crippen molar-refractivity contribution in [2.24, 2.45) is 5.92 Å². The van der Waals surface area contributed by atoms with E-state index >= 15 is 0 Å². The van der Waals surface area contributed by atoms with Crippen LogP contribution in [0.4, 0.5) is 0 Å². The lowest BCUT2D eigenvalue weighted by Crippen LogP contribution is -2.32. The van der Waals surface area contributed by atoms with E-state index < -0.39 is 0 Å². The van der Waals surface area contributed by atoms with Gasteiger partial charge in [-0.05, 0) is 49.1 Å². The normalized spacial score (nSPS) is 12.5. The van der Waals surface area contributed by atoms with Gasteiger partial charge in [-0.15, -0.1) is 10.2 Å². The van der Waals surface area contributed by atoms with Crippen LogP contribution in [0.2, 0.25) is 5.02 Å². The second-order valence-corrected chi connectivity index (χ2v) is 10.2. The SMILES string of the molecule is CCC(C)NC(=O)c1ccc2c(=O)n(CC(C)C)c3nnc(SCc4ccccc4Cl)n3c2c1. The Labute approximate surface area is 207 Å². The third-order valence-electron chi connectivity index (χ3n) is 5.69. The van der Waals surface area contributed by atoms with Crippen molar-refractivity contribution >= 4 is 46.0 Å². The van der Waals surface area contributed by atoms with Gasteiger partial charge in [-0.2, -0.15) is 0 Å². The first kappa shape index (κ1) is 24.3. The van der Waals surface area contributed by atoms with Gasteiger partial charge in [0, 0.05) is 28.9 Å². The molecule has 0 fully saturated rings. The summed E-state index contributed by atoms with van der Waals surface area (Å²) >= 11 is 7.83. The maximum atomic E-state index is 13.4. The fourth-order valence-electron chi connectivity index (χ4n) is 3.71. The minimum Gasteiger partial charge on any atom is -0.350 e. The molecule has 4 rings (SSSR count). The minimum atomic E-state index is -0.172. The molecular weight excluding hydrogens is 470 g/mol. The largest absolute Gasteiger partial charge is 0.350 e. The predicted octanol–water partition coefficient (Wildman–Crippen LogP) is 5.17. The summed E-state index contributed by atoms with van der Waals surface area (Å²) in [7, 11) is 0. The Kier molecular flexibility index (Phi) is 7.28. The van der Waals surface area contributed by atoms with Crippen molar-refractivity contribution in [3.63, 3.8) is 0 Å². The zero-order chi connectivity index (χ0) is 24.4. The van der Waals surface area contributed by atoms with E-state index in [1.54, 1.807) is 22.8 Å². The quantitative estimate of drug-likeness (QED) is 0.339. The number of aromatic nitrogens is 4. The highest BCUT2D eigenvalue weighted by Crippen LogP contribution is 2.28. The van der Waals surface area contributed by atoms with Crippen LogP contribution in [-0.2, 0) is 12.3 Å². The molecule has 2 aromatic heterocycles. The van der Waals surface area contributed by atoms with Crippen molar-refractivity contribution in [2.45, 2.75) is 57.6 Å². The van der Waals surface area contributed by atoms with E-state index in [1.807, 2.05) is 42.5 Å². The summed E-state index contributed by atoms with van der Waals surface area (Å²) < 4.78 is 3.54. The third kappa shape index (κ3) is 4.83. The molecule has 0 saturated carbocycles. The van der Waals surface area contributed by atoms with Crippen molar-refractivity contribution < 1.29 is 4.79 Å². The van der Waals surface area contributed by atoms with Crippen LogP contribution in [0.15, 0.2) is 52.4 Å². The number of hydrogen-bond acceptors (Lipinski definition) is 5. The average Bonchev–Trinajstić information content (AvgIpc) is 3.24. The highest BCUT2D eigenvalue weighted by atomic mass is 35.5. The Morgan fingerprint density at radius 3 is 2.62 bits per heavy atom. The van der Waals surface area contributed by atoms with Crippen molar-refractivity contribution in [3.05, 3.63) is 69.0 Å². The number of benzene rings is 2. The fourth-order valence-corrected chi connectivity index (χ4v) is 4.94. The lowest BCUT2D eigenvalue weighted by atomic mass is 10.1. The molecule has 0 bridgehead atoms. The molecule has 4 aromatic rings. The number of nitrogens with one attached hydrogen (secondary N) is 1. The summed E-state index contributed by atoms with van der Waals surface area (Å²) in [6, 6.07) is 12.9. The van der Waals surface area contributed by atoms with Gasteiger partial charge in [0.25, 0.3) is 11.5 Å². The molecule has 0 spiro atoms. The maximum absolute atomic E-state index is 13.4. The van der Waals surface area contributed by atoms with E-state index in [4.69, 9.17) is 11.6 Å². The molecule has 0 radical (unpaired) electrons. The third-order valence-corrected chi connectivity index (χ3v) is 7.03. The summed E-state index contributed by atoms with van der Waals surface area (Å²) in [5.41, 5.74) is 1.95. The Morgan fingerprint density at radius 1 is 1.15 bits per heavy atom. The number of carbonyl (C=O) groups is 1. The molecule has 178 valence electrons. The molecule has 1 N–H and O–H groups in total. The Balaban J connectivity index is 1.87. The zero-order valence-electron chi connectivity index (χ0n) is 19.7. The lowest BCUT2D eigenvalue weighted by Gasteiger charge is -2.15. The van der Waals surface area contributed by atoms with Gasteiger partial charge < -0.3 is 5.32 Å². The van der Waals surface area contributed by atoms with Crippen LogP contribution in [0.5, 0.6) is 0 Å². The number of carbonyl (C=O) groups excluding carboxylic acids is 1. The molecule has 0 saturated heterocycles.